The third-order valence-electron chi connectivity index (χ3n) is 8.73. The Hall–Kier alpha value is -4.18. The number of carbonyl (C=O) groups excluding carboxylic acids is 1. The first-order valence-corrected chi connectivity index (χ1v) is 16.1. The Labute approximate surface area is 273 Å². The van der Waals surface area contributed by atoms with Gasteiger partial charge in [0.1, 0.15) is 22.8 Å². The number of carbonyl (C=O) groups is 1. The van der Waals surface area contributed by atoms with Crippen LogP contribution in [0.5, 0.6) is 0 Å². The molecule has 46 heavy (non-hydrogen) atoms. The van der Waals surface area contributed by atoms with E-state index in [1.807, 2.05) is 67.5 Å². The Morgan fingerprint density at radius 3 is 2.54 bits per heavy atom. The minimum atomic E-state index is -0.622. The van der Waals surface area contributed by atoms with E-state index in [-0.39, 0.29) is 45.9 Å². The lowest BCUT2D eigenvalue weighted by Crippen LogP contribution is -2.63. The van der Waals surface area contributed by atoms with E-state index in [9.17, 15) is 9.59 Å². The highest BCUT2D eigenvalue weighted by atomic mass is 35.5. The maximum absolute atomic E-state index is 15.4. The van der Waals surface area contributed by atoms with Crippen LogP contribution >= 0.6 is 11.6 Å². The minimum absolute atomic E-state index is 0.00702. The quantitative estimate of drug-likeness (QED) is 0.251. The van der Waals surface area contributed by atoms with Crippen LogP contribution in [0.2, 0.25) is 5.02 Å². The zero-order chi connectivity index (χ0) is 33.2. The molecule has 242 valence electrons. The second-order valence-electron chi connectivity index (χ2n) is 13.7. The van der Waals surface area contributed by atoms with Crippen molar-refractivity contribution in [2.24, 2.45) is 0 Å². The number of rotatable bonds is 3. The fourth-order valence-electron chi connectivity index (χ4n) is 6.61. The van der Waals surface area contributed by atoms with E-state index in [1.54, 1.807) is 27.8 Å². The largest absolute Gasteiger partial charge is 0.444 e. The molecule has 1 amide bonds. The van der Waals surface area contributed by atoms with E-state index in [2.05, 4.69) is 15.2 Å². The summed E-state index contributed by atoms with van der Waals surface area (Å²) in [6.45, 7) is 16.7. The summed E-state index contributed by atoms with van der Waals surface area (Å²) < 4.78 is 22.7. The van der Waals surface area contributed by atoms with Gasteiger partial charge in [-0.2, -0.15) is 0 Å². The molecule has 0 saturated carbocycles. The standard InChI is InChI=1S/C35H40ClFN6O3/c1-18(2)27-30(20(4)12-13-38-27)43-32-23(14-24(36)28(40-32)26-19(3)10-9-11-25(26)37)31-29(33(43)44)39-15-22-17-41(21(5)16-42(22)31)34(45)46-35(6,7)8/h9-14,18,21-22,39H,15-17H2,1-8H3/t21-,22+/m1/s1. The van der Waals surface area contributed by atoms with Crippen molar-refractivity contribution < 1.29 is 13.9 Å². The third-order valence-corrected chi connectivity index (χ3v) is 9.02. The number of nitrogens with one attached hydrogen (secondary N) is 1. The summed E-state index contributed by atoms with van der Waals surface area (Å²) in [5.74, 6) is -0.442. The number of aryl methyl sites for hydroxylation is 2. The first-order chi connectivity index (χ1) is 21.7. The first-order valence-electron chi connectivity index (χ1n) is 15.7. The average Bonchev–Trinajstić information content (AvgIpc) is 2.96. The number of pyridine rings is 3. The Bertz CT molecular complexity index is 1910. The number of halogens is 2. The molecule has 0 radical (unpaired) electrons. The Kier molecular flexibility index (Phi) is 7.99. The van der Waals surface area contributed by atoms with Crippen LogP contribution in [0.25, 0.3) is 28.0 Å². The normalized spacial score (nSPS) is 18.0. The molecule has 4 aromatic rings. The van der Waals surface area contributed by atoms with Gasteiger partial charge >= 0.3 is 6.09 Å². The van der Waals surface area contributed by atoms with Crippen molar-refractivity contribution in [3.63, 3.8) is 0 Å². The summed E-state index contributed by atoms with van der Waals surface area (Å²) in [6.07, 6.45) is 1.38. The Morgan fingerprint density at radius 1 is 1.13 bits per heavy atom. The lowest BCUT2D eigenvalue weighted by atomic mass is 9.99. The molecule has 0 spiro atoms. The highest BCUT2D eigenvalue weighted by Gasteiger charge is 2.41. The maximum Gasteiger partial charge on any atom is 0.410 e. The van der Waals surface area contributed by atoms with Crippen LogP contribution in [0.3, 0.4) is 0 Å². The summed E-state index contributed by atoms with van der Waals surface area (Å²) in [5, 5.41) is 4.31. The van der Waals surface area contributed by atoms with Crippen molar-refractivity contribution in [3.8, 4) is 16.9 Å². The van der Waals surface area contributed by atoms with Crippen LogP contribution < -0.4 is 15.8 Å². The number of ether oxygens (including phenoxy) is 1. The zero-order valence-electron chi connectivity index (χ0n) is 27.5. The molecule has 6 rings (SSSR count). The Morgan fingerprint density at radius 2 is 1.87 bits per heavy atom. The number of hydrogen-bond acceptors (Lipinski definition) is 7. The van der Waals surface area contributed by atoms with E-state index in [1.165, 1.54) is 6.07 Å². The van der Waals surface area contributed by atoms with Crippen LogP contribution in [0.4, 0.5) is 20.6 Å². The molecule has 5 heterocycles. The molecule has 2 aliphatic heterocycles. The number of nitrogens with zero attached hydrogens (tertiary/aromatic N) is 5. The molecule has 11 heteroatoms. The number of benzene rings is 1. The fourth-order valence-corrected chi connectivity index (χ4v) is 6.85. The molecule has 9 nitrogen and oxygen atoms in total. The van der Waals surface area contributed by atoms with E-state index in [4.69, 9.17) is 21.3 Å². The highest BCUT2D eigenvalue weighted by Crippen LogP contribution is 2.42. The van der Waals surface area contributed by atoms with Crippen molar-refractivity contribution in [1.82, 2.24) is 19.4 Å². The van der Waals surface area contributed by atoms with Gasteiger partial charge in [-0.25, -0.2) is 14.2 Å². The third kappa shape index (κ3) is 5.36. The van der Waals surface area contributed by atoms with Gasteiger partial charge in [0.25, 0.3) is 5.56 Å². The minimum Gasteiger partial charge on any atom is -0.444 e. The van der Waals surface area contributed by atoms with Crippen molar-refractivity contribution in [3.05, 3.63) is 74.5 Å². The summed E-state index contributed by atoms with van der Waals surface area (Å²) in [7, 11) is 0. The van der Waals surface area contributed by atoms with Gasteiger partial charge in [-0.1, -0.05) is 37.6 Å². The molecule has 1 saturated heterocycles. The van der Waals surface area contributed by atoms with Gasteiger partial charge < -0.3 is 19.9 Å². The van der Waals surface area contributed by atoms with Gasteiger partial charge in [-0.05, 0) is 76.8 Å². The van der Waals surface area contributed by atoms with Crippen molar-refractivity contribution in [2.45, 2.75) is 79.0 Å². The Balaban J connectivity index is 1.62. The molecular formula is C35H40ClFN6O3. The van der Waals surface area contributed by atoms with Crippen molar-refractivity contribution in [1.29, 1.82) is 0 Å². The number of hydrogen-bond donors (Lipinski definition) is 1. The number of fused-ring (bicyclic) bond motifs is 5. The summed E-state index contributed by atoms with van der Waals surface area (Å²) >= 11 is 6.97. The molecular weight excluding hydrogens is 607 g/mol. The summed E-state index contributed by atoms with van der Waals surface area (Å²) in [6, 6.07) is 8.15. The molecule has 2 atom stereocenters. The van der Waals surface area contributed by atoms with Crippen molar-refractivity contribution in [2.75, 3.05) is 29.9 Å². The SMILES string of the molecule is Cc1cccc(F)c1-c1nc2c(cc1Cl)c1c(c(=O)n2-c2c(C)ccnc2C(C)C)NC[C@H]2CN(C(=O)OC(C)(C)C)[C@H](C)CN12. The van der Waals surface area contributed by atoms with Crippen LogP contribution in [-0.2, 0) is 4.74 Å². The second-order valence-corrected chi connectivity index (χ2v) is 14.1. The van der Waals surface area contributed by atoms with Crippen LogP contribution in [0.1, 0.15) is 64.3 Å². The lowest BCUT2D eigenvalue weighted by molar-refractivity contribution is 0.0128. The maximum atomic E-state index is 15.4. The van der Waals surface area contributed by atoms with Gasteiger partial charge in [-0.15, -0.1) is 0 Å². The van der Waals surface area contributed by atoms with Gasteiger partial charge in [0.05, 0.1) is 33.8 Å². The number of anilines is 2. The van der Waals surface area contributed by atoms with Gasteiger partial charge in [-0.3, -0.25) is 14.3 Å². The second kappa shape index (κ2) is 11.6. The number of aromatic nitrogens is 3. The monoisotopic (exact) mass is 646 g/mol. The topological polar surface area (TPSA) is 92.6 Å². The molecule has 1 N–H and O–H groups in total. The van der Waals surface area contributed by atoms with E-state index >= 15 is 4.39 Å². The predicted molar refractivity (Wildman–Crippen MR) is 181 cm³/mol. The lowest BCUT2D eigenvalue weighted by Gasteiger charge is -2.49. The van der Waals surface area contributed by atoms with Crippen LogP contribution in [-0.4, -0.2) is 62.8 Å². The van der Waals surface area contributed by atoms with Crippen LogP contribution in [0.15, 0.2) is 41.3 Å². The van der Waals surface area contributed by atoms with Crippen LogP contribution in [0, 0.1) is 19.7 Å². The molecule has 2 aliphatic rings. The van der Waals surface area contributed by atoms with E-state index in [0.29, 0.717) is 53.3 Å². The van der Waals surface area contributed by atoms with E-state index < -0.39 is 11.4 Å². The molecule has 0 unspecified atom stereocenters. The summed E-state index contributed by atoms with van der Waals surface area (Å²) in [5.41, 5.74) is 4.01. The highest BCUT2D eigenvalue weighted by molar-refractivity contribution is 6.34. The predicted octanol–water partition coefficient (Wildman–Crippen LogP) is 7.22. The van der Waals surface area contributed by atoms with E-state index in [0.717, 1.165) is 11.3 Å². The summed E-state index contributed by atoms with van der Waals surface area (Å²) in [4.78, 5) is 41.5. The molecule has 0 bridgehead atoms. The zero-order valence-corrected chi connectivity index (χ0v) is 28.3. The smallest absolute Gasteiger partial charge is 0.410 e. The van der Waals surface area contributed by atoms with Gasteiger partial charge in [0.2, 0.25) is 0 Å². The molecule has 1 fully saturated rings. The molecule has 3 aromatic heterocycles. The number of piperazine rings is 1. The van der Waals surface area contributed by atoms with Gasteiger partial charge in [0, 0.05) is 42.8 Å². The van der Waals surface area contributed by atoms with Gasteiger partial charge in [0.15, 0.2) is 0 Å². The first kappa shape index (κ1) is 31.8. The molecule has 0 aliphatic carbocycles. The van der Waals surface area contributed by atoms with Crippen molar-refractivity contribution >= 4 is 40.1 Å². The average molecular weight is 647 g/mol. The molecule has 1 aromatic carbocycles. The number of amides is 1. The fraction of sp³-hybridized carbons (Fsp3) is 0.429.